The van der Waals surface area contributed by atoms with Gasteiger partial charge < -0.3 is 0 Å². The Bertz CT molecular complexity index is 703. The Balaban J connectivity index is 3.69. The topological polar surface area (TPSA) is 37.4 Å². The van der Waals surface area contributed by atoms with Crippen LogP contribution in [0.1, 0.15) is 13.8 Å². The van der Waals surface area contributed by atoms with Crippen LogP contribution < -0.4 is 0 Å². The van der Waals surface area contributed by atoms with E-state index in [0.29, 0.717) is 4.90 Å². The molecule has 0 bridgehead atoms. The summed E-state index contributed by atoms with van der Waals surface area (Å²) in [6.07, 6.45) is 15.8. The van der Waals surface area contributed by atoms with E-state index in [9.17, 15) is 9.59 Å². The van der Waals surface area contributed by atoms with Gasteiger partial charge in [-0.1, -0.05) is 36.0 Å². The third-order valence-electron chi connectivity index (χ3n) is 2.60. The van der Waals surface area contributed by atoms with Crippen molar-refractivity contribution in [1.82, 2.24) is 4.90 Å². The molecule has 3 nitrogen and oxygen atoms in total. The monoisotopic (exact) mass is 247 g/mol. The summed E-state index contributed by atoms with van der Waals surface area (Å²) in [5.41, 5.74) is -3.25. The fourth-order valence-corrected chi connectivity index (χ4v) is 1.43. The van der Waals surface area contributed by atoms with E-state index in [1.807, 2.05) is 6.04 Å². The molecule has 1 heterocycles. The van der Waals surface area contributed by atoms with Crippen molar-refractivity contribution >= 4 is 11.8 Å². The van der Waals surface area contributed by atoms with Gasteiger partial charge in [0.05, 0.1) is 0 Å². The predicted octanol–water partition coefficient (Wildman–Crippen LogP) is 0.232. The van der Waals surface area contributed by atoms with Gasteiger partial charge in [0.15, 0.2) is 5.41 Å². The highest BCUT2D eigenvalue weighted by molar-refractivity contribution is 6.09. The summed E-state index contributed by atoms with van der Waals surface area (Å²) in [4.78, 5) is 25.0. The number of carbonyl (C=O) groups excluding carboxylic acids is 2. The molecule has 0 aromatic carbocycles. The summed E-state index contributed by atoms with van der Waals surface area (Å²) in [6.45, 7) is 2.90. The SMILES string of the molecule is C#CN1C(=O)C(C)(C#C)C#CC(C#C)(C#CC)C1=O. The highest BCUT2D eigenvalue weighted by Crippen LogP contribution is 2.27. The number of carbonyl (C=O) groups is 2. The van der Waals surface area contributed by atoms with Crippen LogP contribution in [0.25, 0.3) is 0 Å². The zero-order chi connectivity index (χ0) is 14.7. The number of nitrogens with zero attached hydrogens (tertiary/aromatic N) is 1. The maximum atomic E-state index is 12.3. The highest BCUT2D eigenvalue weighted by Gasteiger charge is 2.47. The second-order valence-corrected chi connectivity index (χ2v) is 3.86. The van der Waals surface area contributed by atoms with Crippen molar-refractivity contribution < 1.29 is 9.59 Å². The molecule has 0 N–H and O–H groups in total. The van der Waals surface area contributed by atoms with Crippen LogP contribution in [0.3, 0.4) is 0 Å². The number of imide groups is 1. The zero-order valence-electron chi connectivity index (χ0n) is 10.5. The van der Waals surface area contributed by atoms with Crippen molar-refractivity contribution in [3.63, 3.8) is 0 Å². The minimum Gasteiger partial charge on any atom is -0.270 e. The van der Waals surface area contributed by atoms with Crippen LogP contribution >= 0.6 is 0 Å². The van der Waals surface area contributed by atoms with E-state index in [2.05, 4.69) is 35.5 Å². The van der Waals surface area contributed by atoms with Crippen molar-refractivity contribution in [2.45, 2.75) is 13.8 Å². The molecule has 0 aromatic heterocycles. The molecule has 1 aliphatic heterocycles. The average Bonchev–Trinajstić information content (AvgIpc) is 2.49. The standard InChI is InChI=1S/C16H9NO2/c1-6-10-16(8-3)12-11-15(5,7-2)13(18)17(9-4)14(16)19/h2-4H,1,5H3. The van der Waals surface area contributed by atoms with E-state index in [-0.39, 0.29) is 0 Å². The molecular formula is C16H9NO2. The molecule has 0 fully saturated rings. The Labute approximate surface area is 112 Å². The third-order valence-corrected chi connectivity index (χ3v) is 2.60. The van der Waals surface area contributed by atoms with Gasteiger partial charge in [0.2, 0.25) is 5.41 Å². The Morgan fingerprint density at radius 3 is 2.16 bits per heavy atom. The van der Waals surface area contributed by atoms with Gasteiger partial charge in [-0.2, -0.15) is 0 Å². The van der Waals surface area contributed by atoms with E-state index in [1.54, 1.807) is 0 Å². The Hall–Kier alpha value is -3.06. The smallest absolute Gasteiger partial charge is 0.270 e. The Morgan fingerprint density at radius 2 is 1.74 bits per heavy atom. The predicted molar refractivity (Wildman–Crippen MR) is 70.1 cm³/mol. The summed E-state index contributed by atoms with van der Waals surface area (Å²) >= 11 is 0. The van der Waals surface area contributed by atoms with Crippen molar-refractivity contribution in [3.05, 3.63) is 0 Å². The van der Waals surface area contributed by atoms with Gasteiger partial charge >= 0.3 is 0 Å². The Morgan fingerprint density at radius 1 is 1.11 bits per heavy atom. The molecule has 0 radical (unpaired) electrons. The minimum absolute atomic E-state index is 0.539. The van der Waals surface area contributed by atoms with Crippen molar-refractivity contribution in [3.8, 4) is 60.8 Å². The molecule has 3 heteroatoms. The Kier molecular flexibility index (Phi) is 3.44. The maximum absolute atomic E-state index is 12.3. The first kappa shape index (κ1) is 14.0. The van der Waals surface area contributed by atoms with E-state index >= 15 is 0 Å². The van der Waals surface area contributed by atoms with Crippen LogP contribution in [0.15, 0.2) is 0 Å². The summed E-state index contributed by atoms with van der Waals surface area (Å²) in [5.74, 6) is 12.9. The van der Waals surface area contributed by atoms with Crippen LogP contribution in [0, 0.1) is 71.7 Å². The first-order valence-electron chi connectivity index (χ1n) is 5.20. The van der Waals surface area contributed by atoms with Crippen molar-refractivity contribution in [2.75, 3.05) is 0 Å². The molecule has 0 saturated heterocycles. The second-order valence-electron chi connectivity index (χ2n) is 3.86. The lowest BCUT2D eigenvalue weighted by Gasteiger charge is -2.22. The normalized spacial score (nSPS) is 28.5. The summed E-state index contributed by atoms with van der Waals surface area (Å²) in [6, 6.07) is 1.98. The van der Waals surface area contributed by atoms with Crippen LogP contribution in [0.4, 0.5) is 0 Å². The maximum Gasteiger partial charge on any atom is 0.284 e. The van der Waals surface area contributed by atoms with Gasteiger partial charge in [0.25, 0.3) is 11.8 Å². The first-order valence-corrected chi connectivity index (χ1v) is 5.20. The second kappa shape index (κ2) is 4.67. The van der Waals surface area contributed by atoms with Crippen LogP contribution in [0.5, 0.6) is 0 Å². The lowest BCUT2D eigenvalue weighted by Crippen LogP contribution is -2.45. The van der Waals surface area contributed by atoms with Gasteiger partial charge in [-0.3, -0.25) is 9.59 Å². The van der Waals surface area contributed by atoms with Gasteiger partial charge in [-0.15, -0.1) is 18.8 Å². The molecule has 0 aliphatic carbocycles. The number of hydrogen-bond donors (Lipinski definition) is 0. The molecule has 2 amide bonds. The van der Waals surface area contributed by atoms with Gasteiger partial charge in [0, 0.05) is 6.04 Å². The number of rotatable bonds is 0. The molecule has 2 atom stereocenters. The van der Waals surface area contributed by atoms with E-state index in [1.165, 1.54) is 13.8 Å². The van der Waals surface area contributed by atoms with Crippen LogP contribution in [-0.4, -0.2) is 16.7 Å². The largest absolute Gasteiger partial charge is 0.284 e. The number of amides is 2. The number of terminal acetylenes is 3. The lowest BCUT2D eigenvalue weighted by atomic mass is 9.88. The molecule has 0 saturated carbocycles. The summed E-state index contributed by atoms with van der Waals surface area (Å²) in [5, 5.41) is 0. The van der Waals surface area contributed by atoms with Crippen molar-refractivity contribution in [1.29, 1.82) is 0 Å². The molecular weight excluding hydrogens is 238 g/mol. The first-order chi connectivity index (χ1) is 8.90. The van der Waals surface area contributed by atoms with Gasteiger partial charge in [0.1, 0.15) is 0 Å². The van der Waals surface area contributed by atoms with E-state index in [0.717, 1.165) is 0 Å². The van der Waals surface area contributed by atoms with E-state index < -0.39 is 22.6 Å². The molecule has 1 rings (SSSR count). The number of hydrogen-bond acceptors (Lipinski definition) is 2. The van der Waals surface area contributed by atoms with Gasteiger partial charge in [-0.05, 0) is 13.8 Å². The lowest BCUT2D eigenvalue weighted by molar-refractivity contribution is -0.144. The summed E-state index contributed by atoms with van der Waals surface area (Å²) in [7, 11) is 0. The van der Waals surface area contributed by atoms with Gasteiger partial charge in [-0.25, -0.2) is 4.90 Å². The van der Waals surface area contributed by atoms with Crippen LogP contribution in [-0.2, 0) is 9.59 Å². The third kappa shape index (κ3) is 1.94. The van der Waals surface area contributed by atoms with Crippen molar-refractivity contribution in [2.24, 2.45) is 10.8 Å². The molecule has 2 unspecified atom stereocenters. The molecule has 0 spiro atoms. The molecule has 90 valence electrons. The minimum atomic E-state index is -1.74. The zero-order valence-corrected chi connectivity index (χ0v) is 10.5. The molecule has 0 aromatic rings. The summed E-state index contributed by atoms with van der Waals surface area (Å²) < 4.78 is 0. The fourth-order valence-electron chi connectivity index (χ4n) is 1.43. The molecule has 1 aliphatic rings. The quantitative estimate of drug-likeness (QED) is 0.454. The fraction of sp³-hybridized carbons (Fsp3) is 0.250. The highest BCUT2D eigenvalue weighted by atomic mass is 16.2. The molecule has 19 heavy (non-hydrogen) atoms. The average molecular weight is 247 g/mol. The van der Waals surface area contributed by atoms with E-state index in [4.69, 9.17) is 19.3 Å². The van der Waals surface area contributed by atoms with Crippen LogP contribution in [0.2, 0.25) is 0 Å².